The van der Waals surface area contributed by atoms with E-state index < -0.39 is 0 Å². The van der Waals surface area contributed by atoms with Gasteiger partial charge in [-0.1, -0.05) is 42.5 Å². The molecular weight excluding hydrogens is 428 g/mol. The van der Waals surface area contributed by atoms with Gasteiger partial charge in [0.2, 0.25) is 0 Å². The molecule has 0 saturated heterocycles. The molecule has 0 spiro atoms. The van der Waals surface area contributed by atoms with Crippen molar-refractivity contribution in [2.24, 2.45) is 0 Å². The van der Waals surface area contributed by atoms with Gasteiger partial charge in [-0.2, -0.15) is 10.2 Å². The maximum absolute atomic E-state index is 13.0. The van der Waals surface area contributed by atoms with Crippen molar-refractivity contribution in [3.05, 3.63) is 109 Å². The lowest BCUT2D eigenvalue weighted by Crippen LogP contribution is -2.13. The fraction of sp³-hybridized carbons (Fsp3) is 0.0769. The first-order chi connectivity index (χ1) is 16.8. The van der Waals surface area contributed by atoms with Crippen LogP contribution in [0.5, 0.6) is 5.75 Å². The van der Waals surface area contributed by atoms with Crippen LogP contribution in [0.1, 0.15) is 10.4 Å². The Balaban J connectivity index is 1.28. The van der Waals surface area contributed by atoms with Crippen molar-refractivity contribution in [2.45, 2.75) is 6.54 Å². The van der Waals surface area contributed by atoms with E-state index in [9.17, 15) is 4.79 Å². The minimum atomic E-state index is -0.213. The summed E-state index contributed by atoms with van der Waals surface area (Å²) in [5, 5.41) is 11.5. The Kier molecular flexibility index (Phi) is 6.11. The van der Waals surface area contributed by atoms with Gasteiger partial charge in [-0.3, -0.25) is 4.79 Å². The number of aromatic nitrogens is 5. The molecule has 0 fully saturated rings. The summed E-state index contributed by atoms with van der Waals surface area (Å²) in [5.41, 5.74) is 3.99. The van der Waals surface area contributed by atoms with Gasteiger partial charge in [0.05, 0.1) is 24.1 Å². The van der Waals surface area contributed by atoms with Gasteiger partial charge in [-0.25, -0.2) is 14.3 Å². The Morgan fingerprint density at radius 2 is 1.79 bits per heavy atom. The number of anilines is 1. The van der Waals surface area contributed by atoms with E-state index in [-0.39, 0.29) is 5.91 Å². The van der Waals surface area contributed by atoms with Gasteiger partial charge >= 0.3 is 0 Å². The van der Waals surface area contributed by atoms with Gasteiger partial charge in [0, 0.05) is 22.9 Å². The third kappa shape index (κ3) is 4.86. The number of carbonyl (C=O) groups is 1. The normalized spacial score (nSPS) is 10.7. The standard InChI is InChI=1S/C26H22N6O2/c33-26(30-22-9-5-11-24(17-22)34-15-14-31-19-27-18-29-31)21-8-4-10-23(16-21)32-25(12-13-28-32)20-6-2-1-3-7-20/h1-13,16-19H,14-15H2,(H,30,33). The van der Waals surface area contributed by atoms with Gasteiger partial charge in [-0.15, -0.1) is 0 Å². The highest BCUT2D eigenvalue weighted by Gasteiger charge is 2.11. The first kappa shape index (κ1) is 21.1. The van der Waals surface area contributed by atoms with Gasteiger partial charge in [0.15, 0.2) is 0 Å². The second-order valence-electron chi connectivity index (χ2n) is 7.53. The zero-order valence-corrected chi connectivity index (χ0v) is 18.3. The minimum Gasteiger partial charge on any atom is -0.492 e. The van der Waals surface area contributed by atoms with E-state index in [1.807, 2.05) is 77.5 Å². The average molecular weight is 451 g/mol. The number of amides is 1. The van der Waals surface area contributed by atoms with E-state index >= 15 is 0 Å². The first-order valence-electron chi connectivity index (χ1n) is 10.8. The molecule has 5 aromatic rings. The molecule has 0 aliphatic carbocycles. The minimum absolute atomic E-state index is 0.213. The highest BCUT2D eigenvalue weighted by Crippen LogP contribution is 2.23. The number of hydrogen-bond acceptors (Lipinski definition) is 5. The van der Waals surface area contributed by atoms with E-state index in [0.717, 1.165) is 16.9 Å². The molecule has 3 aromatic carbocycles. The van der Waals surface area contributed by atoms with Gasteiger partial charge in [-0.05, 0) is 36.4 Å². The Hall–Kier alpha value is -4.72. The summed E-state index contributed by atoms with van der Waals surface area (Å²) < 4.78 is 9.30. The second-order valence-corrected chi connectivity index (χ2v) is 7.53. The van der Waals surface area contributed by atoms with Crippen molar-refractivity contribution in [3.63, 3.8) is 0 Å². The Morgan fingerprint density at radius 1 is 0.912 bits per heavy atom. The molecule has 0 aliphatic heterocycles. The molecule has 0 bridgehead atoms. The summed E-state index contributed by atoms with van der Waals surface area (Å²) in [7, 11) is 0. The van der Waals surface area contributed by atoms with Crippen LogP contribution < -0.4 is 10.1 Å². The van der Waals surface area contributed by atoms with Crippen LogP contribution in [0.15, 0.2) is 104 Å². The SMILES string of the molecule is O=C(Nc1cccc(OCCn2cncn2)c1)c1cccc(-n2nccc2-c2ccccc2)c1. The number of nitrogens with zero attached hydrogens (tertiary/aromatic N) is 5. The predicted molar refractivity (Wildman–Crippen MR) is 129 cm³/mol. The summed E-state index contributed by atoms with van der Waals surface area (Å²) >= 11 is 0. The van der Waals surface area contributed by atoms with Crippen molar-refractivity contribution < 1.29 is 9.53 Å². The van der Waals surface area contributed by atoms with Gasteiger partial charge in [0.25, 0.3) is 5.91 Å². The molecule has 0 aliphatic rings. The highest BCUT2D eigenvalue weighted by atomic mass is 16.5. The predicted octanol–water partition coefficient (Wildman–Crippen LogP) is 4.46. The molecule has 168 valence electrons. The number of hydrogen-bond donors (Lipinski definition) is 1. The number of nitrogens with one attached hydrogen (secondary N) is 1. The van der Waals surface area contributed by atoms with Crippen LogP contribution in [0.2, 0.25) is 0 Å². The molecule has 1 amide bonds. The lowest BCUT2D eigenvalue weighted by atomic mass is 10.1. The Labute approximate surface area is 196 Å². The molecule has 8 nitrogen and oxygen atoms in total. The van der Waals surface area contributed by atoms with Crippen LogP contribution in [-0.4, -0.2) is 37.1 Å². The molecule has 1 N–H and O–H groups in total. The van der Waals surface area contributed by atoms with Crippen LogP contribution in [0.4, 0.5) is 5.69 Å². The highest BCUT2D eigenvalue weighted by molar-refractivity contribution is 6.04. The quantitative estimate of drug-likeness (QED) is 0.377. The first-order valence-corrected chi connectivity index (χ1v) is 10.8. The van der Waals surface area contributed by atoms with Crippen LogP contribution in [0.25, 0.3) is 16.9 Å². The fourth-order valence-corrected chi connectivity index (χ4v) is 3.59. The van der Waals surface area contributed by atoms with Crippen LogP contribution >= 0.6 is 0 Å². The molecule has 0 saturated carbocycles. The summed E-state index contributed by atoms with van der Waals surface area (Å²) in [4.78, 5) is 16.9. The topological polar surface area (TPSA) is 86.9 Å². The average Bonchev–Trinajstić information content (AvgIpc) is 3.58. The summed E-state index contributed by atoms with van der Waals surface area (Å²) in [6.07, 6.45) is 4.88. The largest absolute Gasteiger partial charge is 0.492 e. The second kappa shape index (κ2) is 9.83. The maximum Gasteiger partial charge on any atom is 0.255 e. The molecule has 34 heavy (non-hydrogen) atoms. The number of benzene rings is 3. The third-order valence-corrected chi connectivity index (χ3v) is 5.21. The molecule has 8 heteroatoms. The van der Waals surface area contributed by atoms with Gasteiger partial charge in [0.1, 0.15) is 25.0 Å². The molecule has 0 unspecified atom stereocenters. The Morgan fingerprint density at radius 3 is 2.65 bits per heavy atom. The van der Waals surface area contributed by atoms with Crippen molar-refractivity contribution in [3.8, 4) is 22.7 Å². The monoisotopic (exact) mass is 450 g/mol. The van der Waals surface area contributed by atoms with E-state index in [1.165, 1.54) is 6.33 Å². The number of ether oxygens (including phenoxy) is 1. The molecule has 0 atom stereocenters. The van der Waals surface area contributed by atoms with Crippen molar-refractivity contribution in [1.82, 2.24) is 24.5 Å². The van der Waals surface area contributed by atoms with E-state index in [1.54, 1.807) is 29.3 Å². The molecule has 0 radical (unpaired) electrons. The van der Waals surface area contributed by atoms with Crippen LogP contribution in [0, 0.1) is 0 Å². The maximum atomic E-state index is 13.0. The Bertz CT molecular complexity index is 1380. The summed E-state index contributed by atoms with van der Waals surface area (Å²) in [5.74, 6) is 0.450. The van der Waals surface area contributed by atoms with E-state index in [0.29, 0.717) is 30.2 Å². The van der Waals surface area contributed by atoms with E-state index in [4.69, 9.17) is 4.74 Å². The van der Waals surface area contributed by atoms with Crippen molar-refractivity contribution >= 4 is 11.6 Å². The van der Waals surface area contributed by atoms with Gasteiger partial charge < -0.3 is 10.1 Å². The zero-order valence-electron chi connectivity index (χ0n) is 18.3. The van der Waals surface area contributed by atoms with Crippen molar-refractivity contribution in [1.29, 1.82) is 0 Å². The van der Waals surface area contributed by atoms with Crippen LogP contribution in [-0.2, 0) is 6.54 Å². The molecule has 2 aromatic heterocycles. The summed E-state index contributed by atoms with van der Waals surface area (Å²) in [6, 6.07) is 26.7. The molecule has 2 heterocycles. The smallest absolute Gasteiger partial charge is 0.255 e. The molecule has 5 rings (SSSR count). The molecular formula is C26H22N6O2. The summed E-state index contributed by atoms with van der Waals surface area (Å²) in [6.45, 7) is 1.03. The van der Waals surface area contributed by atoms with Crippen LogP contribution in [0.3, 0.4) is 0 Å². The van der Waals surface area contributed by atoms with E-state index in [2.05, 4.69) is 20.5 Å². The lowest BCUT2D eigenvalue weighted by molar-refractivity contribution is 0.102. The zero-order chi connectivity index (χ0) is 23.2. The number of carbonyl (C=O) groups excluding carboxylic acids is 1. The lowest BCUT2D eigenvalue weighted by Gasteiger charge is -2.11. The number of rotatable bonds is 8. The fourth-order valence-electron chi connectivity index (χ4n) is 3.59. The third-order valence-electron chi connectivity index (χ3n) is 5.21. The van der Waals surface area contributed by atoms with Crippen molar-refractivity contribution in [2.75, 3.05) is 11.9 Å².